The van der Waals surface area contributed by atoms with Gasteiger partial charge >= 0.3 is 0 Å². The quantitative estimate of drug-likeness (QED) is 0.368. The first-order valence-corrected chi connectivity index (χ1v) is 11.6. The van der Waals surface area contributed by atoms with Gasteiger partial charge in [-0.05, 0) is 6.07 Å². The average Bonchev–Trinajstić information content (AvgIpc) is 3.39. The largest absolute Gasteiger partial charge is 0.394 e. The first-order chi connectivity index (χ1) is 15.3. The molecule has 170 valence electrons. The minimum Gasteiger partial charge on any atom is -0.394 e. The molecule has 5 atom stereocenters. The summed E-state index contributed by atoms with van der Waals surface area (Å²) in [5.74, 6) is -0.784. The summed E-state index contributed by atoms with van der Waals surface area (Å²) in [7, 11) is 0. The van der Waals surface area contributed by atoms with Crippen LogP contribution in [0.15, 0.2) is 28.7 Å². The zero-order valence-corrected chi connectivity index (χ0v) is 19.1. The van der Waals surface area contributed by atoms with Crippen molar-refractivity contribution in [3.63, 3.8) is 0 Å². The highest BCUT2D eigenvalue weighted by Gasteiger charge is 2.46. The number of amides is 1. The maximum atomic E-state index is 11.7. The minimum absolute atomic E-state index is 0.0536. The Labute approximate surface area is 199 Å². The number of aliphatic hydroxyl groups is 3. The smallest absolute Gasteiger partial charge is 0.268 e. The number of carbonyl (C=O) groups excluding carboxylic acids is 1. The van der Waals surface area contributed by atoms with Gasteiger partial charge in [-0.25, -0.2) is 14.6 Å². The van der Waals surface area contributed by atoms with Gasteiger partial charge in [-0.3, -0.25) is 4.79 Å². The Balaban J connectivity index is 1.65. The van der Waals surface area contributed by atoms with Gasteiger partial charge in [-0.2, -0.15) is 0 Å². The molecular weight excluding hydrogens is 503 g/mol. The van der Waals surface area contributed by atoms with Crippen LogP contribution in [-0.2, 0) is 4.74 Å². The van der Waals surface area contributed by atoms with Crippen LogP contribution in [0.3, 0.4) is 0 Å². The van der Waals surface area contributed by atoms with Gasteiger partial charge < -0.3 is 25.8 Å². The Morgan fingerprint density at radius 3 is 2.78 bits per heavy atom. The molecule has 1 saturated heterocycles. The molecule has 4 rings (SSSR count). The summed E-state index contributed by atoms with van der Waals surface area (Å²) in [6.45, 7) is -0.526. The molecule has 15 heteroatoms. The Morgan fingerprint density at radius 2 is 2.12 bits per heavy atom. The molecule has 0 aliphatic carbocycles. The summed E-state index contributed by atoms with van der Waals surface area (Å²) in [5.41, 5.74) is 4.70. The summed E-state index contributed by atoms with van der Waals surface area (Å²) in [4.78, 5) is 20.1. The van der Waals surface area contributed by atoms with Crippen LogP contribution in [-0.4, -0.2) is 76.5 Å². The Morgan fingerprint density at radius 1 is 1.34 bits per heavy atom. The maximum absolute atomic E-state index is 11.7. The fourth-order valence-corrected chi connectivity index (χ4v) is 5.52. The number of nitrogens with zero attached hydrogens (tertiary/aromatic N) is 5. The van der Waals surface area contributed by atoms with Crippen LogP contribution in [0.5, 0.6) is 0 Å². The number of hydrogen-bond acceptors (Lipinski definition) is 11. The van der Waals surface area contributed by atoms with E-state index >= 15 is 0 Å². The molecule has 1 aliphatic rings. The molecule has 1 aliphatic heterocycles. The van der Waals surface area contributed by atoms with Gasteiger partial charge in [-0.15, -0.1) is 16.4 Å². The third kappa shape index (κ3) is 4.61. The van der Waals surface area contributed by atoms with E-state index in [-0.39, 0.29) is 15.6 Å². The topological polar surface area (TPSA) is 170 Å². The average molecular weight is 519 g/mol. The number of aliphatic hydroxyl groups excluding tert-OH is 3. The van der Waals surface area contributed by atoms with Crippen molar-refractivity contribution in [3.8, 4) is 10.7 Å². The number of thiazole rings is 1. The fourth-order valence-electron chi connectivity index (χ4n) is 3.19. The van der Waals surface area contributed by atoms with E-state index in [1.54, 1.807) is 5.38 Å². The molecule has 0 radical (unpaired) electrons. The van der Waals surface area contributed by atoms with Crippen molar-refractivity contribution in [1.29, 1.82) is 0 Å². The van der Waals surface area contributed by atoms with Gasteiger partial charge in [0.15, 0.2) is 0 Å². The van der Waals surface area contributed by atoms with Crippen molar-refractivity contribution in [1.82, 2.24) is 25.0 Å². The van der Waals surface area contributed by atoms with Crippen molar-refractivity contribution >= 4 is 52.2 Å². The van der Waals surface area contributed by atoms with Crippen molar-refractivity contribution in [2.24, 2.45) is 5.73 Å². The molecule has 4 heterocycles. The summed E-state index contributed by atoms with van der Waals surface area (Å²) >= 11 is 14.1. The molecule has 0 aromatic carbocycles. The summed E-state index contributed by atoms with van der Waals surface area (Å²) in [5, 5.41) is 42.2. The number of carbonyl (C=O) groups is 1. The normalized spacial score (nSPS) is 25.7. The van der Waals surface area contributed by atoms with Gasteiger partial charge in [0.05, 0.1) is 17.8 Å². The molecule has 1 amide bonds. The second kappa shape index (κ2) is 9.57. The minimum atomic E-state index is -1.33. The van der Waals surface area contributed by atoms with E-state index in [4.69, 9.17) is 33.7 Å². The summed E-state index contributed by atoms with van der Waals surface area (Å²) in [6.07, 6.45) is -0.911. The highest BCUT2D eigenvalue weighted by Crippen LogP contribution is 2.39. The van der Waals surface area contributed by atoms with Gasteiger partial charge in [0, 0.05) is 16.5 Å². The zero-order valence-electron chi connectivity index (χ0n) is 15.9. The van der Waals surface area contributed by atoms with E-state index < -0.39 is 42.3 Å². The molecule has 5 N–H and O–H groups in total. The second-order valence-corrected chi connectivity index (χ2v) is 9.56. The van der Waals surface area contributed by atoms with E-state index in [1.165, 1.54) is 34.5 Å². The van der Waals surface area contributed by atoms with Crippen LogP contribution in [0.1, 0.15) is 16.5 Å². The molecule has 3 aromatic heterocycles. The van der Waals surface area contributed by atoms with Gasteiger partial charge in [-0.1, -0.05) is 40.2 Å². The van der Waals surface area contributed by atoms with Crippen LogP contribution in [0.4, 0.5) is 0 Å². The number of primary amides is 1. The number of hydrogen-bond donors (Lipinski definition) is 4. The number of ether oxygens (including phenoxy) is 1. The molecule has 1 fully saturated rings. The first kappa shape index (κ1) is 23.3. The first-order valence-electron chi connectivity index (χ1n) is 9.06. The molecular formula is C17H16Cl2N6O5S2. The molecule has 0 spiro atoms. The van der Waals surface area contributed by atoms with E-state index in [1.807, 2.05) is 0 Å². The Bertz CT molecular complexity index is 1130. The fraction of sp³-hybridized carbons (Fsp3) is 0.353. The van der Waals surface area contributed by atoms with Crippen LogP contribution < -0.4 is 5.73 Å². The number of halogens is 2. The second-order valence-electron chi connectivity index (χ2n) is 6.74. The highest BCUT2D eigenvalue weighted by molar-refractivity contribution is 8.00. The summed E-state index contributed by atoms with van der Waals surface area (Å²) < 4.78 is 6.97. The Kier molecular flexibility index (Phi) is 6.97. The van der Waals surface area contributed by atoms with E-state index in [2.05, 4.69) is 20.3 Å². The lowest BCUT2D eigenvalue weighted by Crippen LogP contribution is -2.55. The van der Waals surface area contributed by atoms with Crippen molar-refractivity contribution in [2.45, 2.75) is 34.7 Å². The predicted octanol–water partition coefficient (Wildman–Crippen LogP) is 0.975. The van der Waals surface area contributed by atoms with E-state index in [0.29, 0.717) is 15.9 Å². The van der Waals surface area contributed by atoms with Crippen molar-refractivity contribution in [3.05, 3.63) is 39.7 Å². The Hall–Kier alpha value is -1.84. The standard InChI is InChI=1S/C17H16Cl2N6O5S2/c18-6-1-9(11(15(20)29)21-2-6)32-17-14(28)12(13(27)8(4-26)30-17)25-3-7(23-24-25)16-22-10(19)5-31-16/h1-3,5,8,12-14,17,26-28H,4H2,(H2,20,29)/t8?,12-,13-,14?,17+/m0/s1. The lowest BCUT2D eigenvalue weighted by atomic mass is 9.97. The van der Waals surface area contributed by atoms with Gasteiger partial charge in [0.1, 0.15) is 51.3 Å². The zero-order chi connectivity index (χ0) is 23.0. The van der Waals surface area contributed by atoms with E-state index in [0.717, 1.165) is 11.8 Å². The van der Waals surface area contributed by atoms with E-state index in [9.17, 15) is 20.1 Å². The number of aromatic nitrogens is 5. The third-order valence-corrected chi connectivity index (χ3v) is 7.24. The molecule has 2 unspecified atom stereocenters. The lowest BCUT2D eigenvalue weighted by Gasteiger charge is -2.41. The van der Waals surface area contributed by atoms with Crippen LogP contribution in [0.2, 0.25) is 10.2 Å². The highest BCUT2D eigenvalue weighted by atomic mass is 35.5. The van der Waals surface area contributed by atoms with Crippen molar-refractivity contribution < 1.29 is 24.9 Å². The van der Waals surface area contributed by atoms with Crippen LogP contribution in [0, 0.1) is 0 Å². The monoisotopic (exact) mass is 518 g/mol. The number of thioether (sulfide) groups is 1. The van der Waals surface area contributed by atoms with Crippen LogP contribution in [0.25, 0.3) is 10.7 Å². The molecule has 0 saturated carbocycles. The predicted molar refractivity (Wildman–Crippen MR) is 117 cm³/mol. The number of nitrogens with two attached hydrogens (primary N) is 1. The van der Waals surface area contributed by atoms with Gasteiger partial charge in [0.2, 0.25) is 0 Å². The summed E-state index contributed by atoms with van der Waals surface area (Å²) in [6, 6.07) is 0.433. The van der Waals surface area contributed by atoms with Crippen LogP contribution >= 0.6 is 46.3 Å². The lowest BCUT2D eigenvalue weighted by molar-refractivity contribution is -0.178. The molecule has 3 aromatic rings. The van der Waals surface area contributed by atoms with Crippen molar-refractivity contribution in [2.75, 3.05) is 6.61 Å². The third-order valence-electron chi connectivity index (χ3n) is 4.66. The molecule has 0 bridgehead atoms. The SMILES string of the molecule is NC(=O)c1ncc(Cl)cc1S[C@H]1OC(CO)[C@H](O)[C@H](n2cc(-c3nc(Cl)cs3)nn2)C1O. The molecule has 32 heavy (non-hydrogen) atoms. The number of pyridine rings is 1. The van der Waals surface area contributed by atoms with Gasteiger partial charge in [0.25, 0.3) is 5.91 Å². The molecule has 11 nitrogen and oxygen atoms in total. The maximum Gasteiger partial charge on any atom is 0.268 e. The number of rotatable bonds is 6.